The second-order valence-corrected chi connectivity index (χ2v) is 10.1. The number of hydrogen-bond donors (Lipinski definition) is 1. The molecule has 1 saturated heterocycles. The summed E-state index contributed by atoms with van der Waals surface area (Å²) in [6, 6.07) is 15.8. The number of thiocarbonyl (C=S) groups is 1. The van der Waals surface area contributed by atoms with Gasteiger partial charge in [-0.3, -0.25) is 4.98 Å². The highest BCUT2D eigenvalue weighted by atomic mass is 32.1. The van der Waals surface area contributed by atoms with Gasteiger partial charge in [-0.05, 0) is 93.7 Å². The van der Waals surface area contributed by atoms with Crippen LogP contribution in [0.3, 0.4) is 0 Å². The topological polar surface area (TPSA) is 33.1 Å². The molecule has 2 aliphatic rings. The highest BCUT2D eigenvalue weighted by Crippen LogP contribution is 2.44. The summed E-state index contributed by atoms with van der Waals surface area (Å²) in [5, 5.41) is 4.54. The van der Waals surface area contributed by atoms with E-state index in [1.54, 1.807) is 0 Å². The number of nitrogens with one attached hydrogen (secondary N) is 1. The van der Waals surface area contributed by atoms with Gasteiger partial charge in [-0.1, -0.05) is 37.5 Å². The Morgan fingerprint density at radius 1 is 0.970 bits per heavy atom. The first-order valence-corrected chi connectivity index (χ1v) is 12.6. The molecule has 1 aliphatic carbocycles. The Hall–Kier alpha value is -2.66. The van der Waals surface area contributed by atoms with Gasteiger partial charge in [0.05, 0.1) is 17.8 Å². The van der Waals surface area contributed by atoms with Crippen molar-refractivity contribution in [1.82, 2.24) is 19.8 Å². The molecule has 1 aromatic carbocycles. The number of aromatic nitrogens is 2. The lowest BCUT2D eigenvalue weighted by molar-refractivity contribution is 0.197. The average Bonchev–Trinajstić information content (AvgIpc) is 3.32. The number of rotatable bonds is 4. The minimum absolute atomic E-state index is 0.0492. The van der Waals surface area contributed by atoms with Gasteiger partial charge in [-0.2, -0.15) is 0 Å². The molecule has 0 spiro atoms. The van der Waals surface area contributed by atoms with Crippen molar-refractivity contribution < 1.29 is 0 Å². The summed E-state index contributed by atoms with van der Waals surface area (Å²) in [5.41, 5.74) is 8.87. The second kappa shape index (κ2) is 8.94. The molecule has 2 atom stereocenters. The van der Waals surface area contributed by atoms with Crippen molar-refractivity contribution in [3.05, 3.63) is 82.4 Å². The van der Waals surface area contributed by atoms with Crippen LogP contribution in [0.25, 0.3) is 5.69 Å². The first-order chi connectivity index (χ1) is 16.0. The van der Waals surface area contributed by atoms with Gasteiger partial charge in [-0.25, -0.2) is 0 Å². The smallest absolute Gasteiger partial charge is 0.170 e. The summed E-state index contributed by atoms with van der Waals surface area (Å²) < 4.78 is 2.42. The van der Waals surface area contributed by atoms with Crippen LogP contribution in [0.1, 0.15) is 78.0 Å². The number of nitrogens with zero attached hydrogens (tertiary/aromatic N) is 3. The van der Waals surface area contributed by atoms with Crippen molar-refractivity contribution in [2.75, 3.05) is 0 Å². The van der Waals surface area contributed by atoms with Crippen LogP contribution in [-0.2, 0) is 0 Å². The van der Waals surface area contributed by atoms with Gasteiger partial charge in [0.1, 0.15) is 0 Å². The molecule has 2 aromatic heterocycles. The molecule has 172 valence electrons. The fourth-order valence-corrected chi connectivity index (χ4v) is 6.28. The molecule has 1 saturated carbocycles. The lowest BCUT2D eigenvalue weighted by atomic mass is 9.90. The van der Waals surface area contributed by atoms with Crippen LogP contribution >= 0.6 is 12.2 Å². The molecule has 0 radical (unpaired) electrons. The van der Waals surface area contributed by atoms with E-state index in [0.29, 0.717) is 6.04 Å². The molecule has 3 aromatic rings. The minimum Gasteiger partial charge on any atom is -0.352 e. The Morgan fingerprint density at radius 2 is 1.76 bits per heavy atom. The van der Waals surface area contributed by atoms with Crippen LogP contribution in [-0.4, -0.2) is 25.6 Å². The fourth-order valence-electron chi connectivity index (χ4n) is 5.89. The Kier molecular flexibility index (Phi) is 6.00. The van der Waals surface area contributed by atoms with Gasteiger partial charge < -0.3 is 14.8 Å². The van der Waals surface area contributed by atoms with E-state index in [9.17, 15) is 0 Å². The van der Waals surface area contributed by atoms with Crippen molar-refractivity contribution in [3.8, 4) is 5.69 Å². The fraction of sp³-hybridized carbons (Fsp3) is 0.429. The molecule has 3 heterocycles. The van der Waals surface area contributed by atoms with Crippen molar-refractivity contribution in [3.63, 3.8) is 0 Å². The van der Waals surface area contributed by atoms with E-state index in [0.717, 1.165) is 10.8 Å². The Balaban J connectivity index is 1.65. The molecule has 5 rings (SSSR count). The van der Waals surface area contributed by atoms with Gasteiger partial charge in [0, 0.05) is 29.3 Å². The molecule has 5 heteroatoms. The van der Waals surface area contributed by atoms with Crippen LogP contribution in [0.15, 0.2) is 48.7 Å². The van der Waals surface area contributed by atoms with Crippen molar-refractivity contribution in [2.24, 2.45) is 0 Å². The molecule has 0 bridgehead atoms. The highest BCUT2D eigenvalue weighted by Gasteiger charge is 2.44. The molecule has 2 unspecified atom stereocenters. The van der Waals surface area contributed by atoms with Crippen molar-refractivity contribution >= 4 is 17.3 Å². The predicted octanol–water partition coefficient (Wildman–Crippen LogP) is 6.41. The zero-order valence-electron chi connectivity index (χ0n) is 20.1. The first-order valence-electron chi connectivity index (χ1n) is 12.2. The highest BCUT2D eigenvalue weighted by molar-refractivity contribution is 7.80. The molecule has 33 heavy (non-hydrogen) atoms. The van der Waals surface area contributed by atoms with Gasteiger partial charge in [-0.15, -0.1) is 0 Å². The standard InChI is InChI=1S/C28H34N4S/c1-18-11-10-15-25(20(18)3)31-19(2)17-23(21(31)4)27-26(24-14-8-9-16-29-24)30-28(33)32(27)22-12-6-5-7-13-22/h8-11,14-17,22,26-27H,5-7,12-13H2,1-4H3,(H,30,33). The van der Waals surface area contributed by atoms with E-state index in [4.69, 9.17) is 17.2 Å². The molecular weight excluding hydrogens is 424 g/mol. The molecular formula is C28H34N4S. The Morgan fingerprint density at radius 3 is 2.48 bits per heavy atom. The number of benzene rings is 1. The van der Waals surface area contributed by atoms with E-state index in [1.165, 1.54) is 65.9 Å². The summed E-state index contributed by atoms with van der Waals surface area (Å²) >= 11 is 5.97. The minimum atomic E-state index is 0.0492. The third kappa shape index (κ3) is 3.86. The van der Waals surface area contributed by atoms with Crippen LogP contribution < -0.4 is 5.32 Å². The quantitative estimate of drug-likeness (QED) is 0.458. The zero-order valence-corrected chi connectivity index (χ0v) is 21.0. The molecule has 2 fully saturated rings. The number of aryl methyl sites for hydroxylation is 2. The van der Waals surface area contributed by atoms with Crippen molar-refractivity contribution in [1.29, 1.82) is 0 Å². The van der Waals surface area contributed by atoms with E-state index < -0.39 is 0 Å². The van der Waals surface area contributed by atoms with Gasteiger partial charge in [0.25, 0.3) is 0 Å². The summed E-state index contributed by atoms with van der Waals surface area (Å²) in [5.74, 6) is 0. The van der Waals surface area contributed by atoms with E-state index >= 15 is 0 Å². The molecule has 4 nitrogen and oxygen atoms in total. The van der Waals surface area contributed by atoms with Crippen LogP contribution in [0.5, 0.6) is 0 Å². The largest absolute Gasteiger partial charge is 0.352 e. The lowest BCUT2D eigenvalue weighted by Gasteiger charge is -2.37. The Bertz CT molecular complexity index is 1160. The van der Waals surface area contributed by atoms with Gasteiger partial charge in [0.2, 0.25) is 0 Å². The summed E-state index contributed by atoms with van der Waals surface area (Å²) in [6.45, 7) is 8.90. The summed E-state index contributed by atoms with van der Waals surface area (Å²) in [7, 11) is 0. The Labute approximate surface area is 203 Å². The van der Waals surface area contributed by atoms with E-state index in [1.807, 2.05) is 12.3 Å². The second-order valence-electron chi connectivity index (χ2n) is 9.71. The average molecular weight is 459 g/mol. The maximum Gasteiger partial charge on any atom is 0.170 e. The van der Waals surface area contributed by atoms with Crippen LogP contribution in [0.4, 0.5) is 0 Å². The van der Waals surface area contributed by atoms with E-state index in [2.05, 4.69) is 78.9 Å². The maximum atomic E-state index is 5.97. The number of hydrogen-bond acceptors (Lipinski definition) is 2. The monoisotopic (exact) mass is 458 g/mol. The van der Waals surface area contributed by atoms with Crippen LogP contribution in [0, 0.1) is 27.7 Å². The van der Waals surface area contributed by atoms with Crippen LogP contribution in [0.2, 0.25) is 0 Å². The lowest BCUT2D eigenvalue weighted by Crippen LogP contribution is -2.40. The third-order valence-electron chi connectivity index (χ3n) is 7.71. The first kappa shape index (κ1) is 22.1. The summed E-state index contributed by atoms with van der Waals surface area (Å²) in [4.78, 5) is 7.25. The predicted molar refractivity (Wildman–Crippen MR) is 139 cm³/mol. The number of pyridine rings is 1. The maximum absolute atomic E-state index is 5.97. The third-order valence-corrected chi connectivity index (χ3v) is 8.04. The van der Waals surface area contributed by atoms with Gasteiger partial charge >= 0.3 is 0 Å². The zero-order chi connectivity index (χ0) is 23.1. The van der Waals surface area contributed by atoms with Crippen molar-refractivity contribution in [2.45, 2.75) is 77.9 Å². The SMILES string of the molecule is Cc1cccc(-n2c(C)cc(C3C(c4ccccn4)NC(=S)N3C3CCCCC3)c2C)c1C. The van der Waals surface area contributed by atoms with E-state index in [-0.39, 0.29) is 12.1 Å². The molecule has 1 N–H and O–H groups in total. The normalized spacial score (nSPS) is 21.5. The molecule has 1 aliphatic heterocycles. The molecule has 0 amide bonds. The van der Waals surface area contributed by atoms with Gasteiger partial charge in [0.15, 0.2) is 5.11 Å². The summed E-state index contributed by atoms with van der Waals surface area (Å²) in [6.07, 6.45) is 8.21.